The second-order valence-electron chi connectivity index (χ2n) is 14.0. The summed E-state index contributed by atoms with van der Waals surface area (Å²) in [4.78, 5) is 67.3. The Kier molecular flexibility index (Phi) is 12.9. The third-order valence-electron chi connectivity index (χ3n) is 8.22. The van der Waals surface area contributed by atoms with Gasteiger partial charge in [-0.1, -0.05) is 72.8 Å². The van der Waals surface area contributed by atoms with Gasteiger partial charge in [0.05, 0.1) is 18.3 Å². The standard InChI is InChI=1S/C38H47N5O7S/c1-37(2,3)42-35(48)33-38(4,5)51-23-43(33)36(49)32(46)28(20-24-12-8-6-9-13-24)41-34(47)29(21-30(39)44)40-31(45)22-50-27-18-16-26(17-19-27)25-14-10-7-11-15-25/h6-19,28-29,32-33,46H,20-23H2,1-5H3,(H2,39,44)(H,40,45)(H,41,47)(H,42,48)/t28-,29-,32-,33-/m0/s1. The highest BCUT2D eigenvalue weighted by molar-refractivity contribution is 8.00. The monoisotopic (exact) mass is 717 g/mol. The molecule has 12 nitrogen and oxygen atoms in total. The normalized spacial score (nSPS) is 17.1. The molecule has 0 aromatic heterocycles. The van der Waals surface area contributed by atoms with Crippen LogP contribution < -0.4 is 26.4 Å². The lowest BCUT2D eigenvalue weighted by Gasteiger charge is -2.35. The minimum atomic E-state index is -1.78. The number of thioether (sulfide) groups is 1. The predicted octanol–water partition coefficient (Wildman–Crippen LogP) is 2.78. The molecule has 272 valence electrons. The summed E-state index contributed by atoms with van der Waals surface area (Å²) < 4.78 is 4.96. The van der Waals surface area contributed by atoms with Gasteiger partial charge in [0, 0.05) is 10.3 Å². The van der Waals surface area contributed by atoms with Gasteiger partial charge in [-0.15, -0.1) is 11.8 Å². The van der Waals surface area contributed by atoms with Gasteiger partial charge in [0.2, 0.25) is 17.7 Å². The minimum absolute atomic E-state index is 0.0298. The molecule has 13 heteroatoms. The summed E-state index contributed by atoms with van der Waals surface area (Å²) in [5.41, 5.74) is 7.57. The van der Waals surface area contributed by atoms with Gasteiger partial charge in [-0.3, -0.25) is 24.0 Å². The Morgan fingerprint density at radius 3 is 2.10 bits per heavy atom. The van der Waals surface area contributed by atoms with E-state index in [1.54, 1.807) is 42.5 Å². The third kappa shape index (κ3) is 11.1. The zero-order chi connectivity index (χ0) is 37.3. The Morgan fingerprint density at radius 2 is 1.51 bits per heavy atom. The number of benzene rings is 3. The van der Waals surface area contributed by atoms with Crippen molar-refractivity contribution in [2.24, 2.45) is 5.73 Å². The first-order valence-electron chi connectivity index (χ1n) is 16.7. The number of hydrogen-bond donors (Lipinski definition) is 5. The number of aliphatic hydroxyl groups excluding tert-OH is 1. The van der Waals surface area contributed by atoms with Crippen LogP contribution in [0.25, 0.3) is 11.1 Å². The molecule has 1 fully saturated rings. The summed E-state index contributed by atoms with van der Waals surface area (Å²) in [7, 11) is 0. The Hall–Kier alpha value is -4.88. The van der Waals surface area contributed by atoms with Crippen molar-refractivity contribution in [3.05, 3.63) is 90.5 Å². The molecule has 5 amide bonds. The first-order valence-corrected chi connectivity index (χ1v) is 17.7. The van der Waals surface area contributed by atoms with Crippen molar-refractivity contribution in [1.82, 2.24) is 20.9 Å². The highest BCUT2D eigenvalue weighted by Gasteiger charge is 2.50. The maximum Gasteiger partial charge on any atom is 0.258 e. The molecule has 0 radical (unpaired) electrons. The number of carbonyl (C=O) groups is 5. The van der Waals surface area contributed by atoms with Crippen molar-refractivity contribution in [2.45, 2.75) is 82.0 Å². The molecule has 4 atom stereocenters. The number of nitrogens with zero attached hydrogens (tertiary/aromatic N) is 1. The van der Waals surface area contributed by atoms with Crippen LogP contribution in [0.3, 0.4) is 0 Å². The van der Waals surface area contributed by atoms with E-state index in [4.69, 9.17) is 10.5 Å². The highest BCUT2D eigenvalue weighted by atomic mass is 32.2. The molecule has 3 aromatic carbocycles. The van der Waals surface area contributed by atoms with E-state index in [0.29, 0.717) is 11.3 Å². The molecular formula is C38H47N5O7S. The second-order valence-corrected chi connectivity index (χ2v) is 15.6. The lowest BCUT2D eigenvalue weighted by atomic mass is 9.96. The second kappa shape index (κ2) is 16.9. The average molecular weight is 718 g/mol. The molecule has 0 saturated carbocycles. The van der Waals surface area contributed by atoms with Crippen LogP contribution in [-0.2, 0) is 30.4 Å². The topological polar surface area (TPSA) is 180 Å². The zero-order valence-electron chi connectivity index (χ0n) is 29.6. The van der Waals surface area contributed by atoms with Crippen molar-refractivity contribution < 1.29 is 33.8 Å². The number of nitrogens with one attached hydrogen (secondary N) is 3. The highest BCUT2D eigenvalue weighted by Crippen LogP contribution is 2.40. The quantitative estimate of drug-likeness (QED) is 0.169. The van der Waals surface area contributed by atoms with Crippen molar-refractivity contribution in [2.75, 3.05) is 12.5 Å². The fourth-order valence-corrected chi connectivity index (χ4v) is 6.90. The van der Waals surface area contributed by atoms with Gasteiger partial charge >= 0.3 is 0 Å². The molecule has 0 unspecified atom stereocenters. The molecule has 4 rings (SSSR count). The summed E-state index contributed by atoms with van der Waals surface area (Å²) in [6.45, 7) is 8.76. The molecule has 0 bridgehead atoms. The number of aliphatic hydroxyl groups is 1. The van der Waals surface area contributed by atoms with Crippen LogP contribution in [0.2, 0.25) is 0 Å². The Labute approximate surface area is 302 Å². The molecule has 0 spiro atoms. The van der Waals surface area contributed by atoms with E-state index in [1.807, 2.05) is 77.1 Å². The summed E-state index contributed by atoms with van der Waals surface area (Å²) in [5.74, 6) is -2.92. The Bertz CT molecular complexity index is 1680. The fraction of sp³-hybridized carbons (Fsp3) is 0.395. The average Bonchev–Trinajstić information content (AvgIpc) is 3.41. The summed E-state index contributed by atoms with van der Waals surface area (Å²) in [5, 5.41) is 19.6. The van der Waals surface area contributed by atoms with Gasteiger partial charge in [0.25, 0.3) is 11.8 Å². The van der Waals surface area contributed by atoms with Crippen LogP contribution >= 0.6 is 11.8 Å². The summed E-state index contributed by atoms with van der Waals surface area (Å²) in [6, 6.07) is 22.3. The number of ether oxygens (including phenoxy) is 1. The van der Waals surface area contributed by atoms with E-state index in [-0.39, 0.29) is 18.2 Å². The largest absolute Gasteiger partial charge is 0.484 e. The van der Waals surface area contributed by atoms with Gasteiger partial charge in [-0.2, -0.15) is 0 Å². The first-order chi connectivity index (χ1) is 24.0. The van der Waals surface area contributed by atoms with Crippen LogP contribution in [0, 0.1) is 0 Å². The van der Waals surface area contributed by atoms with E-state index in [9.17, 15) is 29.1 Å². The Balaban J connectivity index is 1.48. The summed E-state index contributed by atoms with van der Waals surface area (Å²) in [6.07, 6.45) is -2.29. The zero-order valence-corrected chi connectivity index (χ0v) is 30.4. The lowest BCUT2D eigenvalue weighted by molar-refractivity contribution is -0.148. The maximum absolute atomic E-state index is 13.9. The number of hydrogen-bond acceptors (Lipinski definition) is 8. The van der Waals surface area contributed by atoms with Crippen molar-refractivity contribution in [3.63, 3.8) is 0 Å². The lowest BCUT2D eigenvalue weighted by Crippen LogP contribution is -2.61. The van der Waals surface area contributed by atoms with Gasteiger partial charge in [0.1, 0.15) is 17.8 Å². The molecule has 3 aromatic rings. The van der Waals surface area contributed by atoms with Crippen molar-refractivity contribution >= 4 is 41.3 Å². The molecule has 1 aliphatic heterocycles. The number of nitrogens with two attached hydrogens (primary N) is 1. The molecule has 0 aliphatic carbocycles. The molecule has 1 aliphatic rings. The molecule has 51 heavy (non-hydrogen) atoms. The SMILES string of the molecule is CC(C)(C)NC(=O)[C@@H]1N(C(=O)[C@@H](O)[C@H](Cc2ccccc2)NC(=O)[C@H](CC(N)=O)NC(=O)COc2ccc(-c3ccccc3)cc2)CSC1(C)C. The number of carbonyl (C=O) groups excluding carboxylic acids is 5. The summed E-state index contributed by atoms with van der Waals surface area (Å²) >= 11 is 1.40. The third-order valence-corrected chi connectivity index (χ3v) is 9.60. The van der Waals surface area contributed by atoms with E-state index >= 15 is 0 Å². The van der Waals surface area contributed by atoms with E-state index < -0.39 is 71.2 Å². The van der Waals surface area contributed by atoms with Crippen molar-refractivity contribution in [1.29, 1.82) is 0 Å². The van der Waals surface area contributed by atoms with Crippen LogP contribution in [0.5, 0.6) is 5.75 Å². The number of rotatable bonds is 14. The van der Waals surface area contributed by atoms with Crippen LogP contribution in [0.1, 0.15) is 46.6 Å². The van der Waals surface area contributed by atoms with E-state index in [1.165, 1.54) is 16.7 Å². The van der Waals surface area contributed by atoms with Gasteiger partial charge < -0.3 is 36.4 Å². The predicted molar refractivity (Wildman–Crippen MR) is 196 cm³/mol. The van der Waals surface area contributed by atoms with Crippen LogP contribution in [0.15, 0.2) is 84.9 Å². The van der Waals surface area contributed by atoms with Crippen molar-refractivity contribution in [3.8, 4) is 16.9 Å². The van der Waals surface area contributed by atoms with Crippen LogP contribution in [-0.4, -0.2) is 86.5 Å². The Morgan fingerprint density at radius 1 is 0.922 bits per heavy atom. The molecule has 6 N–H and O–H groups in total. The van der Waals surface area contributed by atoms with E-state index in [0.717, 1.165) is 11.1 Å². The fourth-order valence-electron chi connectivity index (χ4n) is 5.76. The number of primary amides is 1. The smallest absolute Gasteiger partial charge is 0.258 e. The molecule has 1 saturated heterocycles. The molecular weight excluding hydrogens is 671 g/mol. The van der Waals surface area contributed by atoms with Crippen LogP contribution in [0.4, 0.5) is 0 Å². The van der Waals surface area contributed by atoms with Gasteiger partial charge in [0.15, 0.2) is 12.7 Å². The number of amides is 5. The first kappa shape index (κ1) is 38.9. The van der Waals surface area contributed by atoms with E-state index in [2.05, 4.69) is 16.0 Å². The van der Waals surface area contributed by atoms with Gasteiger partial charge in [-0.05, 0) is 69.9 Å². The molecule has 1 heterocycles. The minimum Gasteiger partial charge on any atom is -0.484 e. The maximum atomic E-state index is 13.9. The van der Waals surface area contributed by atoms with Gasteiger partial charge in [-0.25, -0.2) is 0 Å².